The third-order valence-electron chi connectivity index (χ3n) is 6.59. The lowest BCUT2D eigenvalue weighted by Crippen LogP contribution is -2.25. The van der Waals surface area contributed by atoms with Gasteiger partial charge in [0.1, 0.15) is 5.65 Å². The SMILES string of the molecule is Cc1nccnc1-c1ccc(-c2cc3cnc(N[C@@H]4CCOC4)nc3n(Cc3ccncc3)c2=O)c(Cl)c1. The van der Waals surface area contributed by atoms with E-state index in [1.54, 1.807) is 41.6 Å². The summed E-state index contributed by atoms with van der Waals surface area (Å²) in [7, 11) is 0. The number of hydrogen-bond acceptors (Lipinski definition) is 8. The predicted octanol–water partition coefficient (Wildman–Crippen LogP) is 4.52. The van der Waals surface area contributed by atoms with Gasteiger partial charge in [-0.1, -0.05) is 23.7 Å². The molecule has 1 aliphatic heterocycles. The van der Waals surface area contributed by atoms with Crippen molar-refractivity contribution in [3.8, 4) is 22.4 Å². The molecule has 1 fully saturated rings. The van der Waals surface area contributed by atoms with Crippen LogP contribution in [0.3, 0.4) is 0 Å². The van der Waals surface area contributed by atoms with Crippen LogP contribution in [0.4, 0.5) is 5.95 Å². The maximum Gasteiger partial charge on any atom is 0.260 e. The van der Waals surface area contributed by atoms with E-state index in [0.717, 1.165) is 34.3 Å². The standard InChI is InChI=1S/C28H24ClN7O2/c1-17-25(32-10-9-31-17)19-2-3-22(24(29)13-19)23-12-20-14-33-28(34-21-6-11-38-16-21)35-26(20)36(27(23)37)15-18-4-7-30-8-5-18/h2-5,7-10,12-14,21H,6,11,15-16H2,1H3,(H,33,34,35)/t21-/m1/s1. The van der Waals surface area contributed by atoms with Crippen molar-refractivity contribution in [2.24, 2.45) is 0 Å². The summed E-state index contributed by atoms with van der Waals surface area (Å²) in [5.74, 6) is 0.463. The number of hydrogen-bond donors (Lipinski definition) is 1. The van der Waals surface area contributed by atoms with Gasteiger partial charge in [-0.15, -0.1) is 0 Å². The van der Waals surface area contributed by atoms with Gasteiger partial charge in [0.25, 0.3) is 5.56 Å². The molecule has 0 unspecified atom stereocenters. The maximum absolute atomic E-state index is 14.0. The number of pyridine rings is 2. The van der Waals surface area contributed by atoms with Crippen molar-refractivity contribution in [2.45, 2.75) is 25.9 Å². The van der Waals surface area contributed by atoms with Crippen LogP contribution in [0.15, 0.2) is 72.2 Å². The quantitative estimate of drug-likeness (QED) is 0.345. The van der Waals surface area contributed by atoms with Crippen LogP contribution in [0, 0.1) is 6.92 Å². The minimum absolute atomic E-state index is 0.141. The van der Waals surface area contributed by atoms with E-state index in [2.05, 4.69) is 25.3 Å². The molecule has 0 bridgehead atoms. The summed E-state index contributed by atoms with van der Waals surface area (Å²) in [5.41, 5.74) is 4.73. The van der Waals surface area contributed by atoms with Crippen molar-refractivity contribution < 1.29 is 4.74 Å². The van der Waals surface area contributed by atoms with Crippen molar-refractivity contribution in [3.63, 3.8) is 0 Å². The monoisotopic (exact) mass is 525 g/mol. The number of nitrogens with one attached hydrogen (secondary N) is 1. The van der Waals surface area contributed by atoms with Crippen molar-refractivity contribution in [1.29, 1.82) is 0 Å². The van der Waals surface area contributed by atoms with E-state index in [1.165, 1.54) is 0 Å². The minimum Gasteiger partial charge on any atom is -0.379 e. The zero-order valence-electron chi connectivity index (χ0n) is 20.6. The number of ether oxygens (including phenoxy) is 1. The second-order valence-electron chi connectivity index (χ2n) is 9.17. The topological polar surface area (TPSA) is 108 Å². The summed E-state index contributed by atoms with van der Waals surface area (Å²) in [4.78, 5) is 36.1. The Bertz CT molecular complexity index is 1680. The van der Waals surface area contributed by atoms with E-state index in [1.807, 2.05) is 37.3 Å². The summed E-state index contributed by atoms with van der Waals surface area (Å²) >= 11 is 6.76. The van der Waals surface area contributed by atoms with Crippen molar-refractivity contribution in [1.82, 2.24) is 29.5 Å². The molecule has 1 atom stereocenters. The van der Waals surface area contributed by atoms with E-state index in [-0.39, 0.29) is 11.6 Å². The number of nitrogens with zero attached hydrogens (tertiary/aromatic N) is 6. The predicted molar refractivity (Wildman–Crippen MR) is 146 cm³/mol. The fourth-order valence-electron chi connectivity index (χ4n) is 4.64. The Morgan fingerprint density at radius 1 is 1.05 bits per heavy atom. The third-order valence-corrected chi connectivity index (χ3v) is 6.91. The molecule has 0 amide bonds. The molecule has 0 spiro atoms. The van der Waals surface area contributed by atoms with Gasteiger partial charge in [-0.3, -0.25) is 24.3 Å². The van der Waals surface area contributed by atoms with Gasteiger partial charge in [-0.2, -0.15) is 4.98 Å². The molecule has 4 aromatic heterocycles. The first-order valence-electron chi connectivity index (χ1n) is 12.3. The highest BCUT2D eigenvalue weighted by atomic mass is 35.5. The van der Waals surface area contributed by atoms with Gasteiger partial charge >= 0.3 is 0 Å². The molecule has 190 valence electrons. The summed E-state index contributed by atoms with van der Waals surface area (Å²) < 4.78 is 7.12. The van der Waals surface area contributed by atoms with Crippen LogP contribution in [0.2, 0.25) is 5.02 Å². The number of anilines is 1. The fourth-order valence-corrected chi connectivity index (χ4v) is 4.92. The molecule has 5 heterocycles. The van der Waals surface area contributed by atoms with Gasteiger partial charge in [-0.05, 0) is 43.2 Å². The van der Waals surface area contributed by atoms with E-state index in [9.17, 15) is 4.79 Å². The number of aryl methyl sites for hydroxylation is 1. The molecule has 0 saturated carbocycles. The zero-order valence-corrected chi connectivity index (χ0v) is 21.4. The summed E-state index contributed by atoms with van der Waals surface area (Å²) in [5, 5.41) is 4.49. The van der Waals surface area contributed by atoms with E-state index in [4.69, 9.17) is 21.3 Å². The Kier molecular flexibility index (Phi) is 6.53. The molecule has 5 aromatic rings. The Hall–Kier alpha value is -4.21. The first-order valence-corrected chi connectivity index (χ1v) is 12.7. The van der Waals surface area contributed by atoms with Crippen LogP contribution < -0.4 is 10.9 Å². The van der Waals surface area contributed by atoms with Crippen LogP contribution >= 0.6 is 11.6 Å². The zero-order chi connectivity index (χ0) is 26.1. The van der Waals surface area contributed by atoms with Gasteiger partial charge in [0.2, 0.25) is 5.95 Å². The molecule has 6 rings (SSSR count). The Morgan fingerprint density at radius 2 is 1.89 bits per heavy atom. The Balaban J connectivity index is 1.47. The molecule has 1 aromatic carbocycles. The van der Waals surface area contributed by atoms with Gasteiger partial charge < -0.3 is 10.1 Å². The second kappa shape index (κ2) is 10.3. The largest absolute Gasteiger partial charge is 0.379 e. The van der Waals surface area contributed by atoms with Crippen LogP contribution in [0.25, 0.3) is 33.4 Å². The highest BCUT2D eigenvalue weighted by Crippen LogP contribution is 2.32. The number of benzene rings is 1. The number of rotatable bonds is 6. The van der Waals surface area contributed by atoms with Crippen LogP contribution in [0.1, 0.15) is 17.7 Å². The van der Waals surface area contributed by atoms with Crippen molar-refractivity contribution in [3.05, 3.63) is 94.0 Å². The smallest absolute Gasteiger partial charge is 0.260 e. The van der Waals surface area contributed by atoms with Crippen molar-refractivity contribution in [2.75, 3.05) is 18.5 Å². The average Bonchev–Trinajstić information content (AvgIpc) is 3.44. The molecule has 10 heteroatoms. The molecule has 0 radical (unpaired) electrons. The molecular weight excluding hydrogens is 502 g/mol. The number of halogens is 1. The Labute approximate surface area is 223 Å². The number of fused-ring (bicyclic) bond motifs is 1. The molecular formula is C28H24ClN7O2. The molecule has 9 nitrogen and oxygen atoms in total. The Morgan fingerprint density at radius 3 is 2.66 bits per heavy atom. The van der Waals surface area contributed by atoms with Crippen molar-refractivity contribution >= 4 is 28.6 Å². The lowest BCUT2D eigenvalue weighted by atomic mass is 10.0. The first kappa shape index (κ1) is 24.1. The summed E-state index contributed by atoms with van der Waals surface area (Å²) in [6, 6.07) is 11.3. The molecule has 1 N–H and O–H groups in total. The third kappa shape index (κ3) is 4.73. The lowest BCUT2D eigenvalue weighted by molar-refractivity contribution is 0.195. The highest BCUT2D eigenvalue weighted by molar-refractivity contribution is 6.33. The van der Waals surface area contributed by atoms with Crippen LogP contribution in [-0.2, 0) is 11.3 Å². The van der Waals surface area contributed by atoms with Crippen LogP contribution in [-0.4, -0.2) is 48.7 Å². The molecule has 1 aliphatic rings. The molecule has 1 saturated heterocycles. The van der Waals surface area contributed by atoms with E-state index < -0.39 is 0 Å². The minimum atomic E-state index is -0.200. The summed E-state index contributed by atoms with van der Waals surface area (Å²) in [6.07, 6.45) is 9.33. The van der Waals surface area contributed by atoms with Gasteiger partial charge in [0, 0.05) is 64.7 Å². The first-order chi connectivity index (χ1) is 18.6. The molecule has 0 aliphatic carbocycles. The summed E-state index contributed by atoms with van der Waals surface area (Å²) in [6.45, 7) is 3.53. The molecule has 38 heavy (non-hydrogen) atoms. The van der Waals surface area contributed by atoms with Gasteiger partial charge in [-0.25, -0.2) is 4.98 Å². The van der Waals surface area contributed by atoms with Gasteiger partial charge in [0.15, 0.2) is 0 Å². The van der Waals surface area contributed by atoms with E-state index >= 15 is 0 Å². The highest BCUT2D eigenvalue weighted by Gasteiger charge is 2.19. The lowest BCUT2D eigenvalue weighted by Gasteiger charge is -2.16. The van der Waals surface area contributed by atoms with Crippen LogP contribution in [0.5, 0.6) is 0 Å². The normalized spacial score (nSPS) is 15.2. The number of aromatic nitrogens is 6. The second-order valence-corrected chi connectivity index (χ2v) is 9.57. The average molecular weight is 526 g/mol. The fraction of sp³-hybridized carbons (Fsp3) is 0.214. The van der Waals surface area contributed by atoms with E-state index in [0.29, 0.717) is 47.5 Å². The van der Waals surface area contributed by atoms with Gasteiger partial charge in [0.05, 0.1) is 30.6 Å². The maximum atomic E-state index is 14.0.